The number of methoxy groups -OCH3 is 2. The molecule has 104 valence electrons. The molecule has 0 spiro atoms. The molecule has 1 aromatic carbocycles. The maximum atomic E-state index is 11.4. The number of rotatable bonds is 3. The van der Waals surface area contributed by atoms with Gasteiger partial charge in [0.15, 0.2) is 12.2 Å². The minimum absolute atomic E-state index is 0.403. The molecule has 0 saturated heterocycles. The van der Waals surface area contributed by atoms with Crippen LogP contribution in [0.5, 0.6) is 5.75 Å². The first-order valence-electron chi connectivity index (χ1n) is 5.62. The fraction of sp³-hybridized carbons (Fsp3) is 0.154. The highest BCUT2D eigenvalue weighted by Gasteiger charge is 2.15. The summed E-state index contributed by atoms with van der Waals surface area (Å²) in [6.45, 7) is 0. The van der Waals surface area contributed by atoms with Crippen molar-refractivity contribution in [2.24, 2.45) is 0 Å². The van der Waals surface area contributed by atoms with Gasteiger partial charge < -0.3 is 19.2 Å². The zero-order chi connectivity index (χ0) is 14.5. The monoisotopic (exact) mass is 276 g/mol. The summed E-state index contributed by atoms with van der Waals surface area (Å²) in [5.74, 6) is -0.817. The summed E-state index contributed by atoms with van der Waals surface area (Å²) >= 11 is 0. The number of oxazole rings is 1. The second-order valence-electron chi connectivity index (χ2n) is 3.73. The van der Waals surface area contributed by atoms with Crippen molar-refractivity contribution in [1.29, 1.82) is 0 Å². The van der Waals surface area contributed by atoms with Crippen molar-refractivity contribution in [1.82, 2.24) is 4.98 Å². The van der Waals surface area contributed by atoms with E-state index in [0.29, 0.717) is 22.8 Å². The first kappa shape index (κ1) is 13.6. The van der Waals surface area contributed by atoms with E-state index in [9.17, 15) is 9.59 Å². The van der Waals surface area contributed by atoms with Crippen LogP contribution in [0, 0.1) is 0 Å². The number of ether oxygens (including phenoxy) is 2. The highest BCUT2D eigenvalue weighted by atomic mass is 16.5. The van der Waals surface area contributed by atoms with Crippen molar-refractivity contribution in [2.45, 2.75) is 0 Å². The Morgan fingerprint density at radius 2 is 2.10 bits per heavy atom. The number of hydrogen-bond donors (Lipinski definition) is 1. The Labute approximate surface area is 114 Å². The molecule has 1 N–H and O–H groups in total. The minimum Gasteiger partial charge on any atom is -0.496 e. The number of esters is 1. The molecule has 2 rings (SSSR count). The van der Waals surface area contributed by atoms with E-state index in [1.165, 1.54) is 13.5 Å². The molecule has 1 amide bonds. The van der Waals surface area contributed by atoms with Crippen LogP contribution in [0.15, 0.2) is 35.2 Å². The fourth-order valence-electron chi connectivity index (χ4n) is 1.60. The van der Waals surface area contributed by atoms with Crippen molar-refractivity contribution < 1.29 is 23.5 Å². The number of benzene rings is 1. The van der Waals surface area contributed by atoms with Crippen LogP contribution in [0.4, 0.5) is 5.69 Å². The zero-order valence-electron chi connectivity index (χ0n) is 10.9. The van der Waals surface area contributed by atoms with Crippen molar-refractivity contribution in [2.75, 3.05) is 19.5 Å². The number of nitrogens with one attached hydrogen (secondary N) is 1. The molecule has 1 aromatic heterocycles. The number of aromatic nitrogens is 1. The Hall–Kier alpha value is -2.83. The van der Waals surface area contributed by atoms with E-state index < -0.39 is 11.9 Å². The third kappa shape index (κ3) is 2.77. The molecule has 1 heterocycles. The minimum atomic E-state index is -0.969. The predicted octanol–water partition coefficient (Wildman–Crippen LogP) is 1.46. The number of amides is 1. The molecule has 0 unspecified atom stereocenters. The molecule has 0 radical (unpaired) electrons. The van der Waals surface area contributed by atoms with Gasteiger partial charge in [-0.05, 0) is 12.1 Å². The van der Waals surface area contributed by atoms with Crippen LogP contribution in [0.2, 0.25) is 0 Å². The average molecular weight is 276 g/mol. The Morgan fingerprint density at radius 1 is 1.30 bits per heavy atom. The van der Waals surface area contributed by atoms with E-state index >= 15 is 0 Å². The summed E-state index contributed by atoms with van der Waals surface area (Å²) in [5.41, 5.74) is 1.08. The van der Waals surface area contributed by atoms with E-state index in [0.717, 1.165) is 7.11 Å². The van der Waals surface area contributed by atoms with E-state index in [4.69, 9.17) is 9.15 Å². The largest absolute Gasteiger partial charge is 0.496 e. The topological polar surface area (TPSA) is 90.7 Å². The van der Waals surface area contributed by atoms with Crippen LogP contribution in [0.1, 0.15) is 0 Å². The molecular weight excluding hydrogens is 264 g/mol. The average Bonchev–Trinajstić information content (AvgIpc) is 3.00. The van der Waals surface area contributed by atoms with Gasteiger partial charge in [0, 0.05) is 11.8 Å². The summed E-state index contributed by atoms with van der Waals surface area (Å²) in [5, 5.41) is 2.40. The van der Waals surface area contributed by atoms with E-state index in [1.54, 1.807) is 24.4 Å². The second kappa shape index (κ2) is 5.87. The van der Waals surface area contributed by atoms with Crippen LogP contribution in [-0.4, -0.2) is 31.1 Å². The normalized spacial score (nSPS) is 9.90. The lowest BCUT2D eigenvalue weighted by Gasteiger charge is -2.09. The van der Waals surface area contributed by atoms with Gasteiger partial charge in [0.2, 0.25) is 0 Å². The maximum Gasteiger partial charge on any atom is 0.396 e. The van der Waals surface area contributed by atoms with Gasteiger partial charge in [-0.15, -0.1) is 0 Å². The van der Waals surface area contributed by atoms with Gasteiger partial charge in [0.05, 0.1) is 26.0 Å². The summed E-state index contributed by atoms with van der Waals surface area (Å²) in [6.07, 6.45) is 2.85. The standard InChI is InChI=1S/C13H12N2O5/c1-18-10-5-8(15-12(16)13(17)19-2)3-4-9(10)11-6-14-7-20-11/h3-7H,1-2H3,(H,15,16). The van der Waals surface area contributed by atoms with Crippen LogP contribution in [0.3, 0.4) is 0 Å². The first-order valence-corrected chi connectivity index (χ1v) is 5.62. The SMILES string of the molecule is COC(=O)C(=O)Nc1ccc(-c2cnco2)c(OC)c1. The highest BCUT2D eigenvalue weighted by Crippen LogP contribution is 2.32. The summed E-state index contributed by atoms with van der Waals surface area (Å²) in [6, 6.07) is 4.87. The Balaban J connectivity index is 2.26. The van der Waals surface area contributed by atoms with Crippen LogP contribution < -0.4 is 10.1 Å². The lowest BCUT2D eigenvalue weighted by molar-refractivity contribution is -0.150. The molecular formula is C13H12N2O5. The highest BCUT2D eigenvalue weighted by molar-refractivity contribution is 6.37. The van der Waals surface area contributed by atoms with Crippen molar-refractivity contribution in [3.8, 4) is 17.1 Å². The second-order valence-corrected chi connectivity index (χ2v) is 3.73. The predicted molar refractivity (Wildman–Crippen MR) is 69.1 cm³/mol. The van der Waals surface area contributed by atoms with Gasteiger partial charge in [-0.25, -0.2) is 9.78 Å². The number of hydrogen-bond acceptors (Lipinski definition) is 6. The van der Waals surface area contributed by atoms with Gasteiger partial charge in [-0.1, -0.05) is 0 Å². The van der Waals surface area contributed by atoms with E-state index in [1.807, 2.05) is 0 Å². The van der Waals surface area contributed by atoms with Crippen molar-refractivity contribution >= 4 is 17.6 Å². The smallest absolute Gasteiger partial charge is 0.396 e. The van der Waals surface area contributed by atoms with E-state index in [2.05, 4.69) is 15.0 Å². The Kier molecular flexibility index (Phi) is 3.99. The molecule has 0 atom stereocenters. The Bertz CT molecular complexity index is 622. The van der Waals surface area contributed by atoms with Crippen molar-refractivity contribution in [3.63, 3.8) is 0 Å². The molecule has 20 heavy (non-hydrogen) atoms. The van der Waals surface area contributed by atoms with Crippen LogP contribution >= 0.6 is 0 Å². The number of carbonyl (C=O) groups excluding carboxylic acids is 2. The molecule has 7 nitrogen and oxygen atoms in total. The molecule has 7 heteroatoms. The summed E-state index contributed by atoms with van der Waals surface area (Å²) in [7, 11) is 2.62. The lowest BCUT2D eigenvalue weighted by atomic mass is 10.1. The Morgan fingerprint density at radius 3 is 2.70 bits per heavy atom. The zero-order valence-corrected chi connectivity index (χ0v) is 10.9. The molecule has 0 aliphatic heterocycles. The molecule has 0 fully saturated rings. The number of nitrogens with zero attached hydrogens (tertiary/aromatic N) is 1. The third-order valence-electron chi connectivity index (χ3n) is 2.53. The van der Waals surface area contributed by atoms with Crippen LogP contribution in [-0.2, 0) is 14.3 Å². The molecule has 0 saturated carbocycles. The van der Waals surface area contributed by atoms with Gasteiger partial charge in [0.1, 0.15) is 5.75 Å². The third-order valence-corrected chi connectivity index (χ3v) is 2.53. The molecule has 0 bridgehead atoms. The van der Waals surface area contributed by atoms with Gasteiger partial charge in [-0.3, -0.25) is 4.79 Å². The molecule has 0 aliphatic rings. The lowest BCUT2D eigenvalue weighted by Crippen LogP contribution is -2.23. The van der Waals surface area contributed by atoms with Crippen molar-refractivity contribution in [3.05, 3.63) is 30.8 Å². The van der Waals surface area contributed by atoms with Gasteiger partial charge in [0.25, 0.3) is 0 Å². The van der Waals surface area contributed by atoms with Crippen LogP contribution in [0.25, 0.3) is 11.3 Å². The summed E-state index contributed by atoms with van der Waals surface area (Å²) in [4.78, 5) is 26.3. The summed E-state index contributed by atoms with van der Waals surface area (Å²) < 4.78 is 14.7. The molecule has 0 aliphatic carbocycles. The first-order chi connectivity index (χ1) is 9.65. The van der Waals surface area contributed by atoms with E-state index in [-0.39, 0.29) is 0 Å². The van der Waals surface area contributed by atoms with Gasteiger partial charge >= 0.3 is 11.9 Å². The number of anilines is 1. The van der Waals surface area contributed by atoms with Gasteiger partial charge in [-0.2, -0.15) is 0 Å². The fourth-order valence-corrected chi connectivity index (χ4v) is 1.60. The maximum absolute atomic E-state index is 11.4. The molecule has 2 aromatic rings. The quantitative estimate of drug-likeness (QED) is 0.674. The number of carbonyl (C=O) groups is 2.